The molecule has 0 unspecified atom stereocenters. The highest BCUT2D eigenvalue weighted by Crippen LogP contribution is 2.24. The second kappa shape index (κ2) is 7.51. The first kappa shape index (κ1) is 17.2. The van der Waals surface area contributed by atoms with Crippen LogP contribution >= 0.6 is 0 Å². The van der Waals surface area contributed by atoms with Crippen molar-refractivity contribution in [1.82, 2.24) is 0 Å². The zero-order valence-corrected chi connectivity index (χ0v) is 13.4. The summed E-state index contributed by atoms with van der Waals surface area (Å²) in [6.07, 6.45) is 0. The third kappa shape index (κ3) is 4.26. The number of rotatable bonds is 6. The number of anilines is 2. The highest BCUT2D eigenvalue weighted by atomic mass is 16.9. The summed E-state index contributed by atoms with van der Waals surface area (Å²) in [5.41, 5.74) is 0.355. The van der Waals surface area contributed by atoms with Crippen LogP contribution in [0.3, 0.4) is 0 Å². The van der Waals surface area contributed by atoms with Crippen molar-refractivity contribution in [3.8, 4) is 23.0 Å². The summed E-state index contributed by atoms with van der Waals surface area (Å²) in [7, 11) is 0. The van der Waals surface area contributed by atoms with Gasteiger partial charge in [0.2, 0.25) is 0 Å². The molecule has 8 nitrogen and oxygen atoms in total. The Morgan fingerprint density at radius 2 is 1.00 bits per heavy atom. The number of nitrogens with zero attached hydrogens (tertiary/aromatic N) is 2. The molecule has 0 aliphatic heterocycles. The van der Waals surface area contributed by atoms with Crippen LogP contribution in [0.5, 0.6) is 23.0 Å². The van der Waals surface area contributed by atoms with Gasteiger partial charge in [-0.25, -0.2) is 0 Å². The molecule has 3 rings (SSSR count). The van der Waals surface area contributed by atoms with Crippen molar-refractivity contribution in [3.05, 3.63) is 72.8 Å². The molecular formula is C18H14N2O6-2. The second-order valence-electron chi connectivity index (χ2n) is 5.19. The predicted octanol–water partition coefficient (Wildman–Crippen LogP) is 2.21. The second-order valence-corrected chi connectivity index (χ2v) is 5.19. The van der Waals surface area contributed by atoms with Crippen LogP contribution in [0.25, 0.3) is 0 Å². The molecule has 0 aliphatic carbocycles. The molecule has 0 aromatic heterocycles. The van der Waals surface area contributed by atoms with E-state index in [0.29, 0.717) is 10.5 Å². The quantitative estimate of drug-likeness (QED) is 0.648. The van der Waals surface area contributed by atoms with E-state index in [1.165, 1.54) is 72.8 Å². The van der Waals surface area contributed by atoms with Gasteiger partial charge in [0, 0.05) is 0 Å². The summed E-state index contributed by atoms with van der Waals surface area (Å²) in [6.45, 7) is 0. The summed E-state index contributed by atoms with van der Waals surface area (Å²) in [5, 5.41) is 43.2. The third-order valence-electron chi connectivity index (χ3n) is 3.28. The Kier molecular flexibility index (Phi) is 4.97. The van der Waals surface area contributed by atoms with E-state index in [2.05, 4.69) is 0 Å². The fraction of sp³-hybridized carbons (Fsp3) is 0. The summed E-state index contributed by atoms with van der Waals surface area (Å²) in [4.78, 5) is 10.4. The molecule has 2 N–H and O–H groups in total. The number of hydrogen-bond donors (Lipinski definition) is 2. The van der Waals surface area contributed by atoms with E-state index in [1.807, 2.05) is 0 Å². The van der Waals surface area contributed by atoms with Gasteiger partial charge in [-0.3, -0.25) is 10.4 Å². The lowest BCUT2D eigenvalue weighted by atomic mass is 10.3. The lowest BCUT2D eigenvalue weighted by Crippen LogP contribution is -2.23. The summed E-state index contributed by atoms with van der Waals surface area (Å²) in [6, 6.07) is 17.1. The lowest BCUT2D eigenvalue weighted by Gasteiger charge is -2.20. The molecular weight excluding hydrogens is 340 g/mol. The van der Waals surface area contributed by atoms with Gasteiger partial charge in [-0.15, -0.1) is 11.5 Å². The van der Waals surface area contributed by atoms with E-state index in [4.69, 9.17) is 9.68 Å². The highest BCUT2D eigenvalue weighted by molar-refractivity contribution is 5.48. The van der Waals surface area contributed by atoms with E-state index < -0.39 is 0 Å². The van der Waals surface area contributed by atoms with Gasteiger partial charge in [0.05, 0.1) is 0 Å². The molecule has 3 aromatic carbocycles. The fourth-order valence-electron chi connectivity index (χ4n) is 2.07. The van der Waals surface area contributed by atoms with Gasteiger partial charge in [-0.1, -0.05) is 34.7 Å². The molecule has 0 atom stereocenters. The van der Waals surface area contributed by atoms with Crippen molar-refractivity contribution in [1.29, 1.82) is 0 Å². The van der Waals surface area contributed by atoms with Crippen molar-refractivity contribution in [2.24, 2.45) is 0 Å². The molecule has 0 saturated heterocycles. The summed E-state index contributed by atoms with van der Waals surface area (Å²) >= 11 is 0. The maximum absolute atomic E-state index is 11.3. The first-order valence-electron chi connectivity index (χ1n) is 7.49. The van der Waals surface area contributed by atoms with Crippen LogP contribution in [0.1, 0.15) is 0 Å². The zero-order chi connectivity index (χ0) is 18.5. The number of hydrogen-bond acceptors (Lipinski definition) is 8. The van der Waals surface area contributed by atoms with E-state index in [-0.39, 0.29) is 34.4 Å². The molecule has 0 bridgehead atoms. The maximum Gasteiger partial charge on any atom is 0.158 e. The molecule has 0 saturated carbocycles. The minimum Gasteiger partial charge on any atom is -0.872 e. The van der Waals surface area contributed by atoms with Crippen LogP contribution in [-0.4, -0.2) is 10.4 Å². The van der Waals surface area contributed by atoms with Crippen LogP contribution in [0.4, 0.5) is 11.4 Å². The number of benzene rings is 3. The smallest absolute Gasteiger partial charge is 0.158 e. The van der Waals surface area contributed by atoms with Gasteiger partial charge in [0.1, 0.15) is 11.4 Å². The fourth-order valence-corrected chi connectivity index (χ4v) is 2.07. The molecule has 0 aliphatic rings. The average molecular weight is 354 g/mol. The van der Waals surface area contributed by atoms with E-state index >= 15 is 0 Å². The Labute approximate surface area is 148 Å². The Bertz CT molecular complexity index is 799. The van der Waals surface area contributed by atoms with E-state index in [1.54, 1.807) is 0 Å². The molecule has 26 heavy (non-hydrogen) atoms. The SMILES string of the molecule is [O-]c1cccc(N(O)Oc2ccc(ON(O)c3cccc([O-])c3)cc2)c1. The largest absolute Gasteiger partial charge is 0.872 e. The van der Waals surface area contributed by atoms with Gasteiger partial charge in [0.25, 0.3) is 0 Å². The molecule has 134 valence electrons. The van der Waals surface area contributed by atoms with Crippen LogP contribution < -0.4 is 30.3 Å². The topological polar surface area (TPSA) is 112 Å². The molecule has 0 amide bonds. The van der Waals surface area contributed by atoms with Crippen molar-refractivity contribution in [2.75, 3.05) is 10.5 Å². The normalized spacial score (nSPS) is 10.2. The maximum atomic E-state index is 11.3. The Morgan fingerprint density at radius 3 is 1.35 bits per heavy atom. The van der Waals surface area contributed by atoms with Crippen molar-refractivity contribution < 1.29 is 30.3 Å². The minimum atomic E-state index is -0.265. The minimum absolute atomic E-state index is 0.178. The Morgan fingerprint density at radius 1 is 0.615 bits per heavy atom. The molecule has 0 heterocycles. The molecule has 8 heteroatoms. The monoisotopic (exact) mass is 354 g/mol. The van der Waals surface area contributed by atoms with Crippen LogP contribution in [-0.2, 0) is 0 Å². The molecule has 0 radical (unpaired) electrons. The van der Waals surface area contributed by atoms with Crippen molar-refractivity contribution >= 4 is 11.4 Å². The van der Waals surface area contributed by atoms with Gasteiger partial charge >= 0.3 is 0 Å². The summed E-state index contributed by atoms with van der Waals surface area (Å²) in [5.74, 6) is 0.00237. The van der Waals surface area contributed by atoms with Gasteiger partial charge in [-0.05, 0) is 48.5 Å². The first-order chi connectivity index (χ1) is 12.5. The van der Waals surface area contributed by atoms with E-state index in [0.717, 1.165) is 0 Å². The average Bonchev–Trinajstić information content (AvgIpc) is 2.63. The summed E-state index contributed by atoms with van der Waals surface area (Å²) < 4.78 is 0. The molecule has 3 aromatic rings. The van der Waals surface area contributed by atoms with Gasteiger partial charge in [-0.2, -0.15) is 0 Å². The van der Waals surface area contributed by atoms with Crippen LogP contribution in [0.15, 0.2) is 72.8 Å². The van der Waals surface area contributed by atoms with Crippen molar-refractivity contribution in [2.45, 2.75) is 0 Å². The standard InChI is InChI=1S/C18H16N2O6/c21-15-5-1-3-13(11-15)19(23)25-17-7-9-18(10-8-17)26-20(24)14-4-2-6-16(22)12-14/h1-12,21-24H/p-2. The lowest BCUT2D eigenvalue weighted by molar-refractivity contribution is -0.269. The van der Waals surface area contributed by atoms with Crippen LogP contribution in [0, 0.1) is 0 Å². The van der Waals surface area contributed by atoms with E-state index in [9.17, 15) is 20.6 Å². The van der Waals surface area contributed by atoms with Crippen molar-refractivity contribution in [3.63, 3.8) is 0 Å². The zero-order valence-electron chi connectivity index (χ0n) is 13.4. The Balaban J connectivity index is 1.63. The van der Waals surface area contributed by atoms with Gasteiger partial charge in [0.15, 0.2) is 11.5 Å². The molecule has 0 fully saturated rings. The highest BCUT2D eigenvalue weighted by Gasteiger charge is 2.08. The first-order valence-corrected chi connectivity index (χ1v) is 7.49. The molecule has 0 spiro atoms. The Hall–Kier alpha value is -3.62. The third-order valence-corrected chi connectivity index (χ3v) is 3.28. The van der Waals surface area contributed by atoms with Crippen LogP contribution in [0.2, 0.25) is 0 Å². The van der Waals surface area contributed by atoms with Gasteiger partial charge < -0.3 is 19.9 Å². The predicted molar refractivity (Wildman–Crippen MR) is 88.0 cm³/mol.